The summed E-state index contributed by atoms with van der Waals surface area (Å²) in [5.41, 5.74) is 2.23. The molecule has 0 amide bonds. The molecular weight excluding hydrogens is 438 g/mol. The van der Waals surface area contributed by atoms with Gasteiger partial charge in [0, 0.05) is 30.5 Å². The van der Waals surface area contributed by atoms with Gasteiger partial charge in [0.15, 0.2) is 5.82 Å². The molecular formula is C24H23N5O3S. The van der Waals surface area contributed by atoms with Crippen LogP contribution in [0.15, 0.2) is 83.9 Å². The van der Waals surface area contributed by atoms with E-state index in [-0.39, 0.29) is 4.90 Å². The molecule has 2 N–H and O–H groups in total. The van der Waals surface area contributed by atoms with Crippen LogP contribution in [0.2, 0.25) is 0 Å². The zero-order valence-corrected chi connectivity index (χ0v) is 18.6. The summed E-state index contributed by atoms with van der Waals surface area (Å²) in [6, 6.07) is 21.7. The van der Waals surface area contributed by atoms with Crippen molar-refractivity contribution in [3.63, 3.8) is 0 Å². The second-order valence-corrected chi connectivity index (χ2v) is 9.40. The van der Waals surface area contributed by atoms with Gasteiger partial charge in [0.25, 0.3) is 10.0 Å². The Labute approximate surface area is 192 Å². The Balaban J connectivity index is 1.28. The Kier molecular flexibility index (Phi) is 5.80. The maximum Gasteiger partial charge on any atom is 0.261 e. The van der Waals surface area contributed by atoms with E-state index in [4.69, 9.17) is 4.74 Å². The highest BCUT2D eigenvalue weighted by molar-refractivity contribution is 7.92. The normalized spacial score (nSPS) is 14.2. The first-order chi connectivity index (χ1) is 16.1. The maximum absolute atomic E-state index is 12.9. The molecule has 4 aromatic rings. The first-order valence-electron chi connectivity index (χ1n) is 10.6. The van der Waals surface area contributed by atoms with Crippen LogP contribution in [0.25, 0.3) is 10.8 Å². The SMILES string of the molecule is O=S(=O)(Nc1ccc(Nc2cc(N3CCOCC3)cnn2)cc1)c1ccc2ccccc2c1. The fourth-order valence-corrected chi connectivity index (χ4v) is 4.82. The number of hydrogen-bond acceptors (Lipinski definition) is 7. The van der Waals surface area contributed by atoms with Gasteiger partial charge in [0.2, 0.25) is 0 Å². The third kappa shape index (κ3) is 4.89. The third-order valence-corrected chi connectivity index (χ3v) is 6.84. The number of nitrogens with one attached hydrogen (secondary N) is 2. The Hall–Kier alpha value is -3.69. The van der Waals surface area contributed by atoms with Gasteiger partial charge in [-0.25, -0.2) is 8.42 Å². The molecule has 0 saturated carbocycles. The molecule has 33 heavy (non-hydrogen) atoms. The predicted octanol–water partition coefficient (Wildman–Crippen LogP) is 4.01. The molecule has 1 aliphatic heterocycles. The highest BCUT2D eigenvalue weighted by atomic mass is 32.2. The van der Waals surface area contributed by atoms with E-state index in [0.29, 0.717) is 24.7 Å². The predicted molar refractivity (Wildman–Crippen MR) is 130 cm³/mol. The van der Waals surface area contributed by atoms with E-state index in [9.17, 15) is 8.42 Å². The number of nitrogens with zero attached hydrogens (tertiary/aromatic N) is 3. The number of hydrogen-bond donors (Lipinski definition) is 2. The number of ether oxygens (including phenoxy) is 1. The number of rotatable bonds is 6. The number of anilines is 4. The van der Waals surface area contributed by atoms with Gasteiger partial charge in [-0.2, -0.15) is 5.10 Å². The molecule has 0 bridgehead atoms. The van der Waals surface area contributed by atoms with Gasteiger partial charge in [-0.1, -0.05) is 30.3 Å². The van der Waals surface area contributed by atoms with E-state index in [0.717, 1.165) is 35.2 Å². The second kappa shape index (κ2) is 9.05. The average Bonchev–Trinajstić information content (AvgIpc) is 2.85. The Morgan fingerprint density at radius 3 is 2.36 bits per heavy atom. The van der Waals surface area contributed by atoms with Crippen molar-refractivity contribution in [1.82, 2.24) is 10.2 Å². The molecule has 0 atom stereocenters. The van der Waals surface area contributed by atoms with Crippen molar-refractivity contribution in [1.29, 1.82) is 0 Å². The van der Waals surface area contributed by atoms with Gasteiger partial charge in [0.05, 0.1) is 30.0 Å². The lowest BCUT2D eigenvalue weighted by atomic mass is 10.1. The number of morpholine rings is 1. The minimum Gasteiger partial charge on any atom is -0.378 e. The van der Waals surface area contributed by atoms with Gasteiger partial charge < -0.3 is 15.0 Å². The summed E-state index contributed by atoms with van der Waals surface area (Å²) in [4.78, 5) is 2.42. The Morgan fingerprint density at radius 1 is 0.848 bits per heavy atom. The van der Waals surface area contributed by atoms with Crippen LogP contribution in [0, 0.1) is 0 Å². The van der Waals surface area contributed by atoms with Crippen LogP contribution >= 0.6 is 0 Å². The third-order valence-electron chi connectivity index (χ3n) is 5.46. The smallest absolute Gasteiger partial charge is 0.261 e. The second-order valence-electron chi connectivity index (χ2n) is 7.72. The molecule has 1 saturated heterocycles. The lowest BCUT2D eigenvalue weighted by Crippen LogP contribution is -2.36. The summed E-state index contributed by atoms with van der Waals surface area (Å²) in [6.45, 7) is 3.03. The molecule has 1 aliphatic rings. The molecule has 0 radical (unpaired) electrons. The van der Waals surface area contributed by atoms with E-state index in [1.165, 1.54) is 0 Å². The Morgan fingerprint density at radius 2 is 1.58 bits per heavy atom. The van der Waals surface area contributed by atoms with Crippen molar-refractivity contribution in [3.05, 3.63) is 79.0 Å². The van der Waals surface area contributed by atoms with Crippen molar-refractivity contribution in [2.45, 2.75) is 4.90 Å². The van der Waals surface area contributed by atoms with E-state index in [2.05, 4.69) is 25.1 Å². The monoisotopic (exact) mass is 461 g/mol. The standard InChI is InChI=1S/C24H23N5O3S/c30-33(31,23-10-5-18-3-1-2-4-19(18)15-23)28-21-8-6-20(7-9-21)26-24-16-22(17-25-27-24)29-11-13-32-14-12-29/h1-10,15-17,28H,11-14H2,(H,26,27). The van der Waals surface area contributed by atoms with Crippen LogP contribution < -0.4 is 14.9 Å². The Bertz CT molecular complexity index is 1370. The van der Waals surface area contributed by atoms with Crippen LogP contribution in [0.4, 0.5) is 22.9 Å². The first-order valence-corrected chi connectivity index (χ1v) is 12.1. The minimum absolute atomic E-state index is 0.221. The lowest BCUT2D eigenvalue weighted by Gasteiger charge is -2.28. The summed E-state index contributed by atoms with van der Waals surface area (Å²) in [7, 11) is -3.70. The molecule has 168 valence electrons. The number of sulfonamides is 1. The summed E-state index contributed by atoms with van der Waals surface area (Å²) >= 11 is 0. The number of fused-ring (bicyclic) bond motifs is 1. The molecule has 8 nitrogen and oxygen atoms in total. The van der Waals surface area contributed by atoms with Gasteiger partial charge >= 0.3 is 0 Å². The fraction of sp³-hybridized carbons (Fsp3) is 0.167. The van der Waals surface area contributed by atoms with Gasteiger partial charge in [-0.15, -0.1) is 5.10 Å². The van der Waals surface area contributed by atoms with Crippen LogP contribution in [0.1, 0.15) is 0 Å². The average molecular weight is 462 g/mol. The molecule has 1 fully saturated rings. The van der Waals surface area contributed by atoms with Crippen molar-refractivity contribution in [2.24, 2.45) is 0 Å². The molecule has 9 heteroatoms. The fourth-order valence-electron chi connectivity index (χ4n) is 3.73. The summed E-state index contributed by atoms with van der Waals surface area (Å²) in [6.07, 6.45) is 1.74. The first kappa shape index (κ1) is 21.2. The molecule has 0 spiro atoms. The van der Waals surface area contributed by atoms with Crippen LogP contribution in [0.5, 0.6) is 0 Å². The maximum atomic E-state index is 12.9. The van der Waals surface area contributed by atoms with Gasteiger partial charge in [0.1, 0.15) is 0 Å². The minimum atomic E-state index is -3.70. The van der Waals surface area contributed by atoms with Gasteiger partial charge in [-0.3, -0.25) is 4.72 Å². The lowest BCUT2D eigenvalue weighted by molar-refractivity contribution is 0.122. The van der Waals surface area contributed by atoms with E-state index >= 15 is 0 Å². The zero-order valence-electron chi connectivity index (χ0n) is 17.8. The van der Waals surface area contributed by atoms with E-state index in [1.807, 2.05) is 36.4 Å². The van der Waals surface area contributed by atoms with Crippen LogP contribution in [0.3, 0.4) is 0 Å². The van der Waals surface area contributed by atoms with Crippen molar-refractivity contribution < 1.29 is 13.2 Å². The molecule has 2 heterocycles. The molecule has 3 aromatic carbocycles. The van der Waals surface area contributed by atoms with Crippen LogP contribution in [-0.2, 0) is 14.8 Å². The van der Waals surface area contributed by atoms with Gasteiger partial charge in [-0.05, 0) is 47.2 Å². The van der Waals surface area contributed by atoms with Crippen molar-refractivity contribution in [3.8, 4) is 0 Å². The zero-order chi connectivity index (χ0) is 22.7. The largest absolute Gasteiger partial charge is 0.378 e. The topological polar surface area (TPSA) is 96.5 Å². The van der Waals surface area contributed by atoms with Crippen molar-refractivity contribution >= 4 is 43.7 Å². The molecule has 1 aromatic heterocycles. The van der Waals surface area contributed by atoms with Crippen LogP contribution in [-0.4, -0.2) is 44.9 Å². The number of aromatic nitrogens is 2. The van der Waals surface area contributed by atoms with E-state index in [1.54, 1.807) is 42.6 Å². The molecule has 0 aliphatic carbocycles. The molecule has 0 unspecified atom stereocenters. The quantitative estimate of drug-likeness (QED) is 0.448. The summed E-state index contributed by atoms with van der Waals surface area (Å²) in [5, 5.41) is 13.3. The summed E-state index contributed by atoms with van der Waals surface area (Å²) < 4.78 is 33.7. The highest BCUT2D eigenvalue weighted by Gasteiger charge is 2.15. The molecule has 5 rings (SSSR count). The highest BCUT2D eigenvalue weighted by Crippen LogP contribution is 2.24. The summed E-state index contributed by atoms with van der Waals surface area (Å²) in [5.74, 6) is 0.614. The van der Waals surface area contributed by atoms with Crippen molar-refractivity contribution in [2.75, 3.05) is 41.2 Å². The van der Waals surface area contributed by atoms with E-state index < -0.39 is 10.0 Å². The number of benzene rings is 3.